The van der Waals surface area contributed by atoms with Crippen molar-refractivity contribution < 1.29 is 5.11 Å². The number of hydrogen-bond acceptors (Lipinski definition) is 3. The van der Waals surface area contributed by atoms with Crippen molar-refractivity contribution >= 4 is 11.3 Å². The summed E-state index contributed by atoms with van der Waals surface area (Å²) in [7, 11) is 2.05. The van der Waals surface area contributed by atoms with Crippen molar-refractivity contribution in [2.24, 2.45) is 0 Å². The molecule has 1 aromatic rings. The van der Waals surface area contributed by atoms with E-state index >= 15 is 0 Å². The summed E-state index contributed by atoms with van der Waals surface area (Å²) in [5.74, 6) is 0. The van der Waals surface area contributed by atoms with Gasteiger partial charge in [0.25, 0.3) is 0 Å². The van der Waals surface area contributed by atoms with E-state index in [2.05, 4.69) is 4.90 Å². The Labute approximate surface area is 76.4 Å². The Morgan fingerprint density at radius 2 is 2.50 bits per heavy atom. The highest BCUT2D eigenvalue weighted by Gasteiger charge is 2.36. The van der Waals surface area contributed by atoms with Crippen molar-refractivity contribution in [1.29, 1.82) is 0 Å². The summed E-state index contributed by atoms with van der Waals surface area (Å²) in [5.41, 5.74) is 0.506. The van der Waals surface area contributed by atoms with Gasteiger partial charge in [-0.1, -0.05) is 0 Å². The first-order valence-corrected chi connectivity index (χ1v) is 5.09. The average molecular weight is 183 g/mol. The topological polar surface area (TPSA) is 23.5 Å². The van der Waals surface area contributed by atoms with E-state index in [0.717, 1.165) is 25.1 Å². The summed E-state index contributed by atoms with van der Waals surface area (Å²) in [5, 5.41) is 14.2. The first-order valence-electron chi connectivity index (χ1n) is 4.14. The number of rotatable bonds is 1. The highest BCUT2D eigenvalue weighted by atomic mass is 32.1. The molecule has 1 atom stereocenters. The Balaban J connectivity index is 2.23. The summed E-state index contributed by atoms with van der Waals surface area (Å²) < 4.78 is 0. The lowest BCUT2D eigenvalue weighted by molar-refractivity contribution is 0.0493. The highest BCUT2D eigenvalue weighted by molar-refractivity contribution is 7.08. The maximum absolute atomic E-state index is 10.2. The van der Waals surface area contributed by atoms with Crippen LogP contribution in [-0.4, -0.2) is 30.1 Å². The quantitative estimate of drug-likeness (QED) is 0.709. The fraction of sp³-hybridized carbons (Fsp3) is 0.556. The Hall–Kier alpha value is -0.380. The summed E-state index contributed by atoms with van der Waals surface area (Å²) in [6.45, 7) is 1.76. The normalized spacial score (nSPS) is 31.2. The van der Waals surface area contributed by atoms with E-state index in [4.69, 9.17) is 0 Å². The number of thiophene rings is 1. The number of β-amino-alcohol motifs (C(OH)–C–C–N with tert-alkyl or cyclic N) is 1. The van der Waals surface area contributed by atoms with Crippen LogP contribution in [0, 0.1) is 0 Å². The first kappa shape index (κ1) is 8.23. The van der Waals surface area contributed by atoms with Gasteiger partial charge in [-0.3, -0.25) is 0 Å². The molecule has 1 saturated heterocycles. The summed E-state index contributed by atoms with van der Waals surface area (Å²) in [6, 6.07) is 2.02. The third-order valence-electron chi connectivity index (χ3n) is 2.50. The Morgan fingerprint density at radius 1 is 1.67 bits per heavy atom. The van der Waals surface area contributed by atoms with E-state index in [1.165, 1.54) is 0 Å². The number of likely N-dealkylation sites (N-methyl/N-ethyl adjacent to an activating group) is 1. The molecule has 1 aliphatic heterocycles. The van der Waals surface area contributed by atoms with Crippen LogP contribution in [0.4, 0.5) is 0 Å². The number of hydrogen-bond donors (Lipinski definition) is 1. The van der Waals surface area contributed by atoms with Gasteiger partial charge in [-0.05, 0) is 35.9 Å². The molecule has 2 nitrogen and oxygen atoms in total. The molecule has 3 heteroatoms. The predicted molar refractivity (Wildman–Crippen MR) is 50.3 cm³/mol. The van der Waals surface area contributed by atoms with Gasteiger partial charge < -0.3 is 10.0 Å². The van der Waals surface area contributed by atoms with Gasteiger partial charge in [-0.2, -0.15) is 11.3 Å². The molecule has 1 aromatic heterocycles. The molecule has 2 rings (SSSR count). The highest BCUT2D eigenvalue weighted by Crippen LogP contribution is 2.32. The summed E-state index contributed by atoms with van der Waals surface area (Å²) in [4.78, 5) is 2.16. The Morgan fingerprint density at radius 3 is 3.00 bits per heavy atom. The standard InChI is InChI=1S/C9H13NOS/c1-10-4-3-9(11,7-10)8-2-5-12-6-8/h2,5-6,11H,3-4,7H2,1H3. The lowest BCUT2D eigenvalue weighted by Gasteiger charge is -2.20. The third kappa shape index (κ3) is 1.28. The zero-order valence-electron chi connectivity index (χ0n) is 7.16. The molecule has 0 radical (unpaired) electrons. The van der Waals surface area contributed by atoms with Crippen molar-refractivity contribution in [3.63, 3.8) is 0 Å². The number of aliphatic hydroxyl groups is 1. The van der Waals surface area contributed by atoms with Gasteiger partial charge in [0.2, 0.25) is 0 Å². The average Bonchev–Trinajstić information content (AvgIpc) is 2.59. The second-order valence-corrected chi connectivity index (χ2v) is 4.31. The van der Waals surface area contributed by atoms with E-state index in [1.54, 1.807) is 11.3 Å². The fourth-order valence-electron chi connectivity index (χ4n) is 1.75. The Kier molecular flexibility index (Phi) is 1.94. The smallest absolute Gasteiger partial charge is 0.104 e. The van der Waals surface area contributed by atoms with Crippen molar-refractivity contribution in [3.05, 3.63) is 22.4 Å². The molecule has 0 spiro atoms. The number of nitrogens with zero attached hydrogens (tertiary/aromatic N) is 1. The van der Waals surface area contributed by atoms with Gasteiger partial charge in [0, 0.05) is 13.1 Å². The molecule has 0 saturated carbocycles. The van der Waals surface area contributed by atoms with Crippen molar-refractivity contribution in [2.75, 3.05) is 20.1 Å². The zero-order valence-corrected chi connectivity index (χ0v) is 7.97. The lowest BCUT2D eigenvalue weighted by atomic mass is 9.96. The van der Waals surface area contributed by atoms with E-state index in [0.29, 0.717) is 0 Å². The third-order valence-corrected chi connectivity index (χ3v) is 3.18. The van der Waals surface area contributed by atoms with E-state index in [-0.39, 0.29) is 0 Å². The van der Waals surface area contributed by atoms with E-state index in [1.807, 2.05) is 23.9 Å². The lowest BCUT2D eigenvalue weighted by Crippen LogP contribution is -2.28. The van der Waals surface area contributed by atoms with Gasteiger partial charge in [-0.15, -0.1) is 0 Å². The molecular formula is C9H13NOS. The SMILES string of the molecule is CN1CCC(O)(c2ccsc2)C1. The number of likely N-dealkylation sites (tertiary alicyclic amines) is 1. The van der Waals surface area contributed by atoms with Crippen LogP contribution in [0.3, 0.4) is 0 Å². The molecule has 1 fully saturated rings. The van der Waals surface area contributed by atoms with Crippen LogP contribution in [0.5, 0.6) is 0 Å². The minimum Gasteiger partial charge on any atom is -0.384 e. The second kappa shape index (κ2) is 2.83. The van der Waals surface area contributed by atoms with Crippen LogP contribution in [-0.2, 0) is 5.60 Å². The van der Waals surface area contributed by atoms with Gasteiger partial charge in [-0.25, -0.2) is 0 Å². The van der Waals surface area contributed by atoms with Gasteiger partial charge in [0.1, 0.15) is 5.60 Å². The van der Waals surface area contributed by atoms with Crippen LogP contribution in [0.25, 0.3) is 0 Å². The zero-order chi connectivity index (χ0) is 8.60. The summed E-state index contributed by atoms with van der Waals surface area (Å²) in [6.07, 6.45) is 0.861. The van der Waals surface area contributed by atoms with E-state index < -0.39 is 5.60 Å². The van der Waals surface area contributed by atoms with Gasteiger partial charge in [0.15, 0.2) is 0 Å². The van der Waals surface area contributed by atoms with Gasteiger partial charge >= 0.3 is 0 Å². The monoisotopic (exact) mass is 183 g/mol. The molecular weight excluding hydrogens is 170 g/mol. The van der Waals surface area contributed by atoms with Crippen molar-refractivity contribution in [2.45, 2.75) is 12.0 Å². The van der Waals surface area contributed by atoms with Crippen molar-refractivity contribution in [3.8, 4) is 0 Å². The van der Waals surface area contributed by atoms with Crippen LogP contribution in [0.15, 0.2) is 16.8 Å². The molecule has 12 heavy (non-hydrogen) atoms. The largest absolute Gasteiger partial charge is 0.384 e. The molecule has 1 aliphatic rings. The first-order chi connectivity index (χ1) is 5.71. The minimum atomic E-state index is -0.575. The summed E-state index contributed by atoms with van der Waals surface area (Å²) >= 11 is 1.65. The maximum atomic E-state index is 10.2. The van der Waals surface area contributed by atoms with Crippen LogP contribution >= 0.6 is 11.3 Å². The van der Waals surface area contributed by atoms with Gasteiger partial charge in [0.05, 0.1) is 0 Å². The molecule has 66 valence electrons. The van der Waals surface area contributed by atoms with Crippen LogP contribution < -0.4 is 0 Å². The van der Waals surface area contributed by atoms with Crippen LogP contribution in [0.1, 0.15) is 12.0 Å². The second-order valence-electron chi connectivity index (χ2n) is 3.53. The molecule has 0 aliphatic carbocycles. The Bertz CT molecular complexity index is 260. The fourth-order valence-corrected chi connectivity index (χ4v) is 2.49. The molecule has 2 heterocycles. The molecule has 0 aromatic carbocycles. The van der Waals surface area contributed by atoms with E-state index in [9.17, 15) is 5.11 Å². The molecule has 0 bridgehead atoms. The maximum Gasteiger partial charge on any atom is 0.104 e. The predicted octanol–water partition coefficient (Wildman–Crippen LogP) is 1.27. The van der Waals surface area contributed by atoms with Crippen molar-refractivity contribution in [1.82, 2.24) is 4.90 Å². The molecule has 1 N–H and O–H groups in total. The molecule has 0 amide bonds. The van der Waals surface area contributed by atoms with Crippen LogP contribution in [0.2, 0.25) is 0 Å². The minimum absolute atomic E-state index is 0.575. The molecule has 1 unspecified atom stereocenters.